The first-order valence-electron chi connectivity index (χ1n) is 6.68. The Morgan fingerprint density at radius 2 is 1.89 bits per heavy atom. The molecule has 0 amide bonds. The smallest absolute Gasteiger partial charge is 0.131 e. The molecule has 0 fully saturated rings. The van der Waals surface area contributed by atoms with Crippen LogP contribution in [0.25, 0.3) is 0 Å². The van der Waals surface area contributed by atoms with Crippen LogP contribution < -0.4 is 10.2 Å². The molecule has 1 N–H and O–H groups in total. The predicted molar refractivity (Wildman–Crippen MR) is 79.4 cm³/mol. The van der Waals surface area contributed by atoms with Crippen molar-refractivity contribution in [3.63, 3.8) is 0 Å². The molecule has 2 heterocycles. The van der Waals surface area contributed by atoms with Crippen LogP contribution in [0.1, 0.15) is 19.4 Å². The Kier molecular flexibility index (Phi) is 4.72. The molecule has 4 heteroatoms. The number of rotatable bonds is 6. The summed E-state index contributed by atoms with van der Waals surface area (Å²) >= 11 is 0. The Morgan fingerprint density at radius 1 is 1.11 bits per heavy atom. The van der Waals surface area contributed by atoms with Crippen LogP contribution >= 0.6 is 0 Å². The number of pyridine rings is 2. The molecule has 0 aliphatic rings. The maximum Gasteiger partial charge on any atom is 0.131 e. The van der Waals surface area contributed by atoms with Crippen molar-refractivity contribution in [2.24, 2.45) is 0 Å². The van der Waals surface area contributed by atoms with Crippen LogP contribution in [0, 0.1) is 0 Å². The molecule has 2 aromatic heterocycles. The average Bonchev–Trinajstić information content (AvgIpc) is 2.46. The molecule has 0 aliphatic carbocycles. The van der Waals surface area contributed by atoms with Crippen molar-refractivity contribution in [2.75, 3.05) is 23.3 Å². The Balaban J connectivity index is 2.15. The molecule has 0 spiro atoms. The normalized spacial score (nSPS) is 10.2. The highest BCUT2D eigenvalue weighted by molar-refractivity contribution is 5.47. The molecule has 0 aliphatic heterocycles. The fraction of sp³-hybridized carbons (Fsp3) is 0.333. The van der Waals surface area contributed by atoms with Gasteiger partial charge in [-0.15, -0.1) is 0 Å². The van der Waals surface area contributed by atoms with Crippen LogP contribution in [-0.4, -0.2) is 23.1 Å². The van der Waals surface area contributed by atoms with Gasteiger partial charge in [-0.25, -0.2) is 4.98 Å². The minimum absolute atomic E-state index is 0.849. The van der Waals surface area contributed by atoms with Gasteiger partial charge >= 0.3 is 0 Å². The lowest BCUT2D eigenvalue weighted by atomic mass is 10.2. The van der Waals surface area contributed by atoms with Gasteiger partial charge in [0.05, 0.1) is 0 Å². The van der Waals surface area contributed by atoms with E-state index in [1.807, 2.05) is 42.7 Å². The molecular weight excluding hydrogens is 236 g/mol. The quantitative estimate of drug-likeness (QED) is 0.862. The van der Waals surface area contributed by atoms with Crippen molar-refractivity contribution in [1.29, 1.82) is 0 Å². The molecule has 4 nitrogen and oxygen atoms in total. The fourth-order valence-corrected chi connectivity index (χ4v) is 1.94. The SMILES string of the molecule is CCNc1cccc(N(CC)Cc2ccncc2)n1. The molecule has 2 aromatic rings. The molecule has 0 saturated carbocycles. The van der Waals surface area contributed by atoms with Gasteiger partial charge in [0.1, 0.15) is 11.6 Å². The van der Waals surface area contributed by atoms with E-state index in [0.717, 1.165) is 31.3 Å². The predicted octanol–water partition coefficient (Wildman–Crippen LogP) is 2.93. The lowest BCUT2D eigenvalue weighted by Crippen LogP contribution is -2.23. The van der Waals surface area contributed by atoms with Gasteiger partial charge in [-0.1, -0.05) is 6.07 Å². The highest BCUT2D eigenvalue weighted by Crippen LogP contribution is 2.16. The van der Waals surface area contributed by atoms with Crippen LogP contribution in [0.3, 0.4) is 0 Å². The van der Waals surface area contributed by atoms with Gasteiger partial charge < -0.3 is 10.2 Å². The number of anilines is 2. The van der Waals surface area contributed by atoms with Crippen LogP contribution in [-0.2, 0) is 6.54 Å². The molecule has 0 bridgehead atoms. The number of nitrogens with one attached hydrogen (secondary N) is 1. The highest BCUT2D eigenvalue weighted by Gasteiger charge is 2.07. The summed E-state index contributed by atoms with van der Waals surface area (Å²) in [6, 6.07) is 10.2. The zero-order chi connectivity index (χ0) is 13.5. The van der Waals surface area contributed by atoms with E-state index in [2.05, 4.69) is 34.0 Å². The van der Waals surface area contributed by atoms with Gasteiger partial charge in [0.25, 0.3) is 0 Å². The third kappa shape index (κ3) is 3.68. The van der Waals surface area contributed by atoms with Gasteiger partial charge in [0.15, 0.2) is 0 Å². The second-order valence-corrected chi connectivity index (χ2v) is 4.28. The van der Waals surface area contributed by atoms with E-state index in [4.69, 9.17) is 0 Å². The van der Waals surface area contributed by atoms with Crippen molar-refractivity contribution in [2.45, 2.75) is 20.4 Å². The second-order valence-electron chi connectivity index (χ2n) is 4.28. The van der Waals surface area contributed by atoms with Crippen molar-refractivity contribution >= 4 is 11.6 Å². The second kappa shape index (κ2) is 6.73. The molecule has 0 saturated heterocycles. The van der Waals surface area contributed by atoms with Crippen molar-refractivity contribution in [3.8, 4) is 0 Å². The van der Waals surface area contributed by atoms with Crippen LogP contribution in [0.15, 0.2) is 42.7 Å². The maximum absolute atomic E-state index is 4.63. The van der Waals surface area contributed by atoms with Crippen molar-refractivity contribution in [1.82, 2.24) is 9.97 Å². The first kappa shape index (κ1) is 13.3. The largest absolute Gasteiger partial charge is 0.370 e. The summed E-state index contributed by atoms with van der Waals surface area (Å²) in [5.41, 5.74) is 1.24. The van der Waals surface area contributed by atoms with E-state index < -0.39 is 0 Å². The van der Waals surface area contributed by atoms with Crippen molar-refractivity contribution < 1.29 is 0 Å². The molecule has 0 atom stereocenters. The Bertz CT molecular complexity index is 499. The van der Waals surface area contributed by atoms with Gasteiger partial charge in [-0.2, -0.15) is 0 Å². The van der Waals surface area contributed by atoms with E-state index in [9.17, 15) is 0 Å². The molecule has 2 rings (SSSR count). The van der Waals surface area contributed by atoms with E-state index in [0.29, 0.717) is 0 Å². The van der Waals surface area contributed by atoms with Crippen LogP contribution in [0.4, 0.5) is 11.6 Å². The number of hydrogen-bond donors (Lipinski definition) is 1. The minimum atomic E-state index is 0.849. The lowest BCUT2D eigenvalue weighted by molar-refractivity contribution is 0.812. The summed E-state index contributed by atoms with van der Waals surface area (Å²) in [7, 11) is 0. The van der Waals surface area contributed by atoms with E-state index >= 15 is 0 Å². The summed E-state index contributed by atoms with van der Waals surface area (Å²) in [4.78, 5) is 10.9. The van der Waals surface area contributed by atoms with E-state index in [-0.39, 0.29) is 0 Å². The molecule has 0 unspecified atom stereocenters. The molecule has 100 valence electrons. The number of nitrogens with zero attached hydrogens (tertiary/aromatic N) is 3. The maximum atomic E-state index is 4.63. The lowest BCUT2D eigenvalue weighted by Gasteiger charge is -2.22. The highest BCUT2D eigenvalue weighted by atomic mass is 15.2. The third-order valence-electron chi connectivity index (χ3n) is 2.92. The zero-order valence-electron chi connectivity index (χ0n) is 11.5. The first-order chi connectivity index (χ1) is 9.33. The first-order valence-corrected chi connectivity index (χ1v) is 6.68. The number of aromatic nitrogens is 2. The zero-order valence-corrected chi connectivity index (χ0v) is 11.5. The average molecular weight is 256 g/mol. The van der Waals surface area contributed by atoms with Crippen LogP contribution in [0.2, 0.25) is 0 Å². The third-order valence-corrected chi connectivity index (χ3v) is 2.92. The summed E-state index contributed by atoms with van der Waals surface area (Å²) in [6.45, 7) is 6.87. The summed E-state index contributed by atoms with van der Waals surface area (Å²) in [5.74, 6) is 1.92. The molecule has 0 aromatic carbocycles. The minimum Gasteiger partial charge on any atom is -0.370 e. The van der Waals surface area contributed by atoms with Gasteiger partial charge in [0, 0.05) is 32.0 Å². The van der Waals surface area contributed by atoms with Gasteiger partial charge in [-0.3, -0.25) is 4.98 Å². The Labute approximate surface area is 114 Å². The Hall–Kier alpha value is -2.10. The van der Waals surface area contributed by atoms with Crippen molar-refractivity contribution in [3.05, 3.63) is 48.3 Å². The van der Waals surface area contributed by atoms with E-state index in [1.54, 1.807) is 0 Å². The summed E-state index contributed by atoms with van der Waals surface area (Å²) < 4.78 is 0. The molecule has 0 radical (unpaired) electrons. The van der Waals surface area contributed by atoms with Gasteiger partial charge in [-0.05, 0) is 43.7 Å². The fourth-order valence-electron chi connectivity index (χ4n) is 1.94. The molecule has 19 heavy (non-hydrogen) atoms. The van der Waals surface area contributed by atoms with Crippen LogP contribution in [0.5, 0.6) is 0 Å². The summed E-state index contributed by atoms with van der Waals surface area (Å²) in [6.07, 6.45) is 3.65. The summed E-state index contributed by atoms with van der Waals surface area (Å²) in [5, 5.41) is 3.24. The standard InChI is InChI=1S/C15H20N4/c1-3-17-14-6-5-7-15(18-14)19(4-2)12-13-8-10-16-11-9-13/h5-11H,3-4,12H2,1-2H3,(H,17,18). The number of hydrogen-bond acceptors (Lipinski definition) is 4. The topological polar surface area (TPSA) is 41.0 Å². The molecular formula is C15H20N4. The van der Waals surface area contributed by atoms with E-state index in [1.165, 1.54) is 5.56 Å². The Morgan fingerprint density at radius 3 is 2.58 bits per heavy atom. The van der Waals surface area contributed by atoms with Gasteiger partial charge in [0.2, 0.25) is 0 Å². The monoisotopic (exact) mass is 256 g/mol.